The van der Waals surface area contributed by atoms with Gasteiger partial charge >= 0.3 is 5.97 Å². The average Bonchev–Trinajstić information content (AvgIpc) is 3.25. The van der Waals surface area contributed by atoms with E-state index in [0.717, 1.165) is 35.7 Å². The highest BCUT2D eigenvalue weighted by molar-refractivity contribution is 6.33. The first-order chi connectivity index (χ1) is 16.0. The van der Waals surface area contributed by atoms with Crippen LogP contribution in [0.15, 0.2) is 54.7 Å². The number of ether oxygens (including phenoxy) is 1. The number of hydrogen-bond acceptors (Lipinski definition) is 4. The van der Waals surface area contributed by atoms with Gasteiger partial charge in [-0.05, 0) is 43.0 Å². The molecule has 2 amide bonds. The number of aromatic amines is 1. The number of rotatable bonds is 7. The van der Waals surface area contributed by atoms with Gasteiger partial charge in [-0.2, -0.15) is 0 Å². The Hall–Kier alpha value is -3.32. The van der Waals surface area contributed by atoms with E-state index in [0.29, 0.717) is 13.1 Å². The molecule has 0 saturated carbocycles. The van der Waals surface area contributed by atoms with E-state index in [1.54, 1.807) is 29.2 Å². The molecular weight excluding hydrogens is 442 g/mol. The highest BCUT2D eigenvalue weighted by Crippen LogP contribution is 2.20. The minimum atomic E-state index is -0.984. The molecule has 0 bridgehead atoms. The van der Waals surface area contributed by atoms with Crippen LogP contribution >= 0.6 is 11.6 Å². The van der Waals surface area contributed by atoms with Crippen LogP contribution in [0.2, 0.25) is 5.02 Å². The number of carbonyl (C=O) groups excluding carboxylic acids is 3. The Morgan fingerprint density at radius 2 is 1.76 bits per heavy atom. The maximum Gasteiger partial charge on any atom is 0.329 e. The van der Waals surface area contributed by atoms with Gasteiger partial charge in [0, 0.05) is 36.6 Å². The number of esters is 1. The van der Waals surface area contributed by atoms with Crippen molar-refractivity contribution >= 4 is 40.3 Å². The summed E-state index contributed by atoms with van der Waals surface area (Å²) in [6.45, 7) is 1.02. The van der Waals surface area contributed by atoms with E-state index in [1.165, 1.54) is 0 Å². The maximum absolute atomic E-state index is 13.0. The predicted molar refractivity (Wildman–Crippen MR) is 126 cm³/mol. The quantitative estimate of drug-likeness (QED) is 0.518. The summed E-state index contributed by atoms with van der Waals surface area (Å²) >= 11 is 6.16. The summed E-state index contributed by atoms with van der Waals surface area (Å²) in [5, 5.41) is 3.98. The second kappa shape index (κ2) is 10.5. The molecule has 2 heterocycles. The average molecular weight is 468 g/mol. The summed E-state index contributed by atoms with van der Waals surface area (Å²) in [6.07, 6.45) is 5.03. The minimum absolute atomic E-state index is 0.205. The molecule has 0 spiro atoms. The number of piperidine rings is 1. The largest absolute Gasteiger partial charge is 0.454 e. The third kappa shape index (κ3) is 5.54. The maximum atomic E-state index is 13.0. The van der Waals surface area contributed by atoms with Gasteiger partial charge in [0.05, 0.1) is 10.6 Å². The highest BCUT2D eigenvalue weighted by Gasteiger charge is 2.27. The molecule has 0 radical (unpaired) electrons. The number of H-pyrrole nitrogens is 1. The lowest BCUT2D eigenvalue weighted by Crippen LogP contribution is -2.45. The zero-order valence-corrected chi connectivity index (χ0v) is 18.9. The zero-order chi connectivity index (χ0) is 23.2. The first-order valence-corrected chi connectivity index (χ1v) is 11.5. The number of carbonyl (C=O) groups is 3. The zero-order valence-electron chi connectivity index (χ0n) is 18.2. The Morgan fingerprint density at radius 1 is 1.03 bits per heavy atom. The smallest absolute Gasteiger partial charge is 0.329 e. The van der Waals surface area contributed by atoms with E-state index in [-0.39, 0.29) is 29.5 Å². The lowest BCUT2D eigenvalue weighted by molar-refractivity contribution is -0.153. The van der Waals surface area contributed by atoms with E-state index < -0.39 is 17.9 Å². The number of amides is 2. The first-order valence-electron chi connectivity index (χ1n) is 11.1. The van der Waals surface area contributed by atoms with E-state index in [1.807, 2.05) is 30.5 Å². The highest BCUT2D eigenvalue weighted by atomic mass is 35.5. The second-order valence-corrected chi connectivity index (χ2v) is 8.53. The van der Waals surface area contributed by atoms with Crippen LogP contribution in [-0.2, 0) is 20.7 Å². The fraction of sp³-hybridized carbons (Fsp3) is 0.320. The molecule has 0 unspecified atom stereocenters. The number of aromatic nitrogens is 1. The molecule has 1 aliphatic heterocycles. The van der Waals surface area contributed by atoms with Crippen LogP contribution < -0.4 is 5.32 Å². The number of nitrogens with one attached hydrogen (secondary N) is 2. The van der Waals surface area contributed by atoms with Crippen molar-refractivity contribution in [3.8, 4) is 0 Å². The number of para-hydroxylation sites is 1. The number of halogens is 1. The molecule has 2 aromatic carbocycles. The Morgan fingerprint density at radius 3 is 2.55 bits per heavy atom. The van der Waals surface area contributed by atoms with Crippen LogP contribution in [0.3, 0.4) is 0 Å². The molecule has 7 nitrogen and oxygen atoms in total. The molecular formula is C25H26ClN3O4. The molecule has 1 atom stereocenters. The van der Waals surface area contributed by atoms with Gasteiger partial charge in [0.2, 0.25) is 0 Å². The summed E-state index contributed by atoms with van der Waals surface area (Å²) in [4.78, 5) is 43.2. The van der Waals surface area contributed by atoms with E-state index >= 15 is 0 Å². The molecule has 1 fully saturated rings. The summed E-state index contributed by atoms with van der Waals surface area (Å²) < 4.78 is 5.36. The summed E-state index contributed by atoms with van der Waals surface area (Å²) in [5.74, 6) is -1.36. The van der Waals surface area contributed by atoms with Gasteiger partial charge in [-0.25, -0.2) is 4.79 Å². The topological polar surface area (TPSA) is 91.5 Å². The molecule has 4 rings (SSSR count). The van der Waals surface area contributed by atoms with Gasteiger partial charge < -0.3 is 19.9 Å². The normalized spacial score (nSPS) is 14.6. The van der Waals surface area contributed by atoms with Gasteiger partial charge in [-0.3, -0.25) is 9.59 Å². The molecule has 2 N–H and O–H groups in total. The van der Waals surface area contributed by atoms with E-state index in [4.69, 9.17) is 16.3 Å². The molecule has 3 aromatic rings. The number of benzene rings is 2. The molecule has 0 aliphatic carbocycles. The van der Waals surface area contributed by atoms with Crippen LogP contribution in [0.5, 0.6) is 0 Å². The summed E-state index contributed by atoms with van der Waals surface area (Å²) in [6, 6.07) is 13.3. The molecule has 172 valence electrons. The fourth-order valence-electron chi connectivity index (χ4n) is 4.06. The van der Waals surface area contributed by atoms with Gasteiger partial charge in [0.1, 0.15) is 6.04 Å². The lowest BCUT2D eigenvalue weighted by atomic mass is 10.0. The van der Waals surface area contributed by atoms with Crippen LogP contribution in [0.1, 0.15) is 35.2 Å². The molecule has 1 saturated heterocycles. The summed E-state index contributed by atoms with van der Waals surface area (Å²) in [7, 11) is 0. The number of nitrogens with zero attached hydrogens (tertiary/aromatic N) is 1. The monoisotopic (exact) mass is 467 g/mol. The van der Waals surface area contributed by atoms with Crippen LogP contribution in [0.4, 0.5) is 0 Å². The van der Waals surface area contributed by atoms with Crippen molar-refractivity contribution in [3.05, 3.63) is 70.9 Å². The van der Waals surface area contributed by atoms with Crippen molar-refractivity contribution in [1.82, 2.24) is 15.2 Å². The molecule has 8 heteroatoms. The van der Waals surface area contributed by atoms with Crippen molar-refractivity contribution in [1.29, 1.82) is 0 Å². The summed E-state index contributed by atoms with van der Waals surface area (Å²) in [5.41, 5.74) is 2.05. The Labute approximate surface area is 197 Å². The van der Waals surface area contributed by atoms with Gasteiger partial charge in [-0.15, -0.1) is 0 Å². The van der Waals surface area contributed by atoms with Gasteiger partial charge in [0.25, 0.3) is 11.8 Å². The fourth-order valence-corrected chi connectivity index (χ4v) is 4.28. The molecule has 1 aliphatic rings. The van der Waals surface area contributed by atoms with E-state index in [9.17, 15) is 14.4 Å². The van der Waals surface area contributed by atoms with Crippen LogP contribution in [0.25, 0.3) is 10.9 Å². The first kappa shape index (κ1) is 22.9. The number of hydrogen-bond donors (Lipinski definition) is 2. The van der Waals surface area contributed by atoms with Gasteiger partial charge in [-0.1, -0.05) is 41.9 Å². The Balaban J connectivity index is 1.50. The van der Waals surface area contributed by atoms with Crippen molar-refractivity contribution in [2.75, 3.05) is 19.7 Å². The minimum Gasteiger partial charge on any atom is -0.454 e. The standard InChI is InChI=1S/C25H26ClN3O4/c26-20-10-4-2-9-19(20)24(31)28-22(14-17-15-27-21-11-5-3-8-18(17)21)25(32)33-16-23(30)29-12-6-1-7-13-29/h2-5,8-11,15,22,27H,1,6-7,12-14,16H2,(H,28,31)/t22-/m0/s1. The van der Waals surface area contributed by atoms with Crippen molar-refractivity contribution in [2.24, 2.45) is 0 Å². The second-order valence-electron chi connectivity index (χ2n) is 8.12. The molecule has 1 aromatic heterocycles. The number of likely N-dealkylation sites (tertiary alicyclic amines) is 1. The van der Waals surface area contributed by atoms with Crippen molar-refractivity contribution in [2.45, 2.75) is 31.7 Å². The third-order valence-electron chi connectivity index (χ3n) is 5.85. The van der Waals surface area contributed by atoms with Crippen LogP contribution in [0, 0.1) is 0 Å². The number of fused-ring (bicyclic) bond motifs is 1. The third-order valence-corrected chi connectivity index (χ3v) is 6.18. The predicted octanol–water partition coefficient (Wildman–Crippen LogP) is 3.72. The van der Waals surface area contributed by atoms with Crippen molar-refractivity contribution < 1.29 is 19.1 Å². The molecule has 33 heavy (non-hydrogen) atoms. The SMILES string of the molecule is O=C(N[C@@H](Cc1c[nH]c2ccccc12)C(=O)OCC(=O)N1CCCCC1)c1ccccc1Cl. The Bertz CT molecular complexity index is 1150. The van der Waals surface area contributed by atoms with E-state index in [2.05, 4.69) is 10.3 Å². The van der Waals surface area contributed by atoms with Crippen LogP contribution in [-0.4, -0.2) is 53.4 Å². The van der Waals surface area contributed by atoms with Crippen molar-refractivity contribution in [3.63, 3.8) is 0 Å². The van der Waals surface area contributed by atoms with Gasteiger partial charge in [0.15, 0.2) is 6.61 Å². The Kier molecular flexibility index (Phi) is 7.29. The lowest BCUT2D eigenvalue weighted by Gasteiger charge is -2.26.